The minimum absolute atomic E-state index is 0.0138. The van der Waals surface area contributed by atoms with Crippen LogP contribution < -0.4 is 5.76 Å². The van der Waals surface area contributed by atoms with E-state index >= 15 is 0 Å². The van der Waals surface area contributed by atoms with E-state index in [0.29, 0.717) is 11.9 Å². The van der Waals surface area contributed by atoms with Crippen molar-refractivity contribution < 1.29 is 22.4 Å². The first-order valence-corrected chi connectivity index (χ1v) is 8.00. The molecular formula is C13H14N2O6S. The third-order valence-corrected chi connectivity index (χ3v) is 5.39. The lowest BCUT2D eigenvalue weighted by molar-refractivity contribution is -0.140. The zero-order valence-electron chi connectivity index (χ0n) is 12.0. The van der Waals surface area contributed by atoms with Gasteiger partial charge in [0, 0.05) is 26.6 Å². The van der Waals surface area contributed by atoms with Crippen LogP contribution >= 0.6 is 0 Å². The molecule has 0 radical (unpaired) electrons. The molecule has 0 bridgehead atoms. The number of carbonyl (C=O) groups excluding carboxylic acids is 1. The molecule has 2 heterocycles. The molecule has 0 amide bonds. The normalized spacial score (nSPS) is 19.0. The summed E-state index contributed by atoms with van der Waals surface area (Å²) in [5.41, 5.74) is 0.485. The molecule has 0 N–H and O–H groups in total. The number of nitrogens with zero attached hydrogens (tertiary/aromatic N) is 2. The summed E-state index contributed by atoms with van der Waals surface area (Å²) >= 11 is 0. The number of sulfonamides is 1. The molecule has 1 aromatic carbocycles. The first-order valence-electron chi connectivity index (χ1n) is 6.56. The van der Waals surface area contributed by atoms with Crippen LogP contribution in [0.1, 0.15) is 12.5 Å². The van der Waals surface area contributed by atoms with Crippen LogP contribution in [0.4, 0.5) is 0 Å². The lowest BCUT2D eigenvalue weighted by Crippen LogP contribution is -2.23. The average Bonchev–Trinajstić information content (AvgIpc) is 2.99. The van der Waals surface area contributed by atoms with Crippen LogP contribution in [0.2, 0.25) is 0 Å². The number of aromatic nitrogens is 1. The van der Waals surface area contributed by atoms with Gasteiger partial charge >= 0.3 is 11.7 Å². The summed E-state index contributed by atoms with van der Waals surface area (Å²) < 4.78 is 36.4. The monoisotopic (exact) mass is 326 g/mol. The van der Waals surface area contributed by atoms with Gasteiger partial charge in [-0.2, -0.15) is 0 Å². The zero-order chi connectivity index (χ0) is 16.1. The maximum Gasteiger partial charge on any atom is 0.420 e. The van der Waals surface area contributed by atoms with Crippen molar-refractivity contribution in [2.45, 2.75) is 17.4 Å². The number of oxazole rings is 1. The summed E-state index contributed by atoms with van der Waals surface area (Å²) in [6.45, 7) is 0.246. The summed E-state index contributed by atoms with van der Waals surface area (Å²) in [6, 6.07) is 3.39. The highest BCUT2D eigenvalue weighted by atomic mass is 32.2. The van der Waals surface area contributed by atoms with Crippen molar-refractivity contribution in [3.8, 4) is 0 Å². The molecule has 22 heavy (non-hydrogen) atoms. The van der Waals surface area contributed by atoms with Crippen LogP contribution in [0.3, 0.4) is 0 Å². The molecule has 1 aliphatic rings. The van der Waals surface area contributed by atoms with Crippen LogP contribution in [-0.2, 0) is 19.6 Å². The lowest BCUT2D eigenvalue weighted by Gasteiger charge is -2.11. The standard InChI is InChI=1S/C13H14N2O6S/c1-14(2)22(18,19)8-3-4-9-11(7-8)21-13(17)15(9)10-5-6-20-12(10)16/h3-4,7,10H,5-6H2,1-2H3/t10-/m1/s1. The highest BCUT2D eigenvalue weighted by molar-refractivity contribution is 7.89. The van der Waals surface area contributed by atoms with Crippen molar-refractivity contribution in [1.29, 1.82) is 0 Å². The van der Waals surface area contributed by atoms with Gasteiger partial charge in [0.05, 0.1) is 17.0 Å². The molecule has 118 valence electrons. The molecule has 1 atom stereocenters. The maximum atomic E-state index is 12.1. The van der Waals surface area contributed by atoms with Crippen LogP contribution in [-0.4, -0.2) is 44.0 Å². The van der Waals surface area contributed by atoms with Gasteiger partial charge in [0.15, 0.2) is 5.58 Å². The van der Waals surface area contributed by atoms with Gasteiger partial charge in [-0.1, -0.05) is 0 Å². The minimum atomic E-state index is -3.63. The Kier molecular flexibility index (Phi) is 3.33. The quantitative estimate of drug-likeness (QED) is 0.754. The fourth-order valence-electron chi connectivity index (χ4n) is 2.40. The fraction of sp³-hybridized carbons (Fsp3) is 0.385. The van der Waals surface area contributed by atoms with Crippen LogP contribution in [0, 0.1) is 0 Å². The molecule has 1 fully saturated rings. The molecule has 1 aliphatic heterocycles. The van der Waals surface area contributed by atoms with Crippen LogP contribution in [0.15, 0.2) is 32.3 Å². The Balaban J connectivity index is 2.18. The Morgan fingerprint density at radius 2 is 2.00 bits per heavy atom. The van der Waals surface area contributed by atoms with Gasteiger partial charge in [-0.25, -0.2) is 22.3 Å². The first-order chi connectivity index (χ1) is 10.3. The van der Waals surface area contributed by atoms with Gasteiger partial charge in [0.25, 0.3) is 0 Å². The van der Waals surface area contributed by atoms with Gasteiger partial charge in [-0.05, 0) is 12.1 Å². The van der Waals surface area contributed by atoms with Gasteiger partial charge in [0.2, 0.25) is 10.0 Å². The third kappa shape index (κ3) is 2.13. The van der Waals surface area contributed by atoms with E-state index in [1.54, 1.807) is 0 Å². The van der Waals surface area contributed by atoms with Crippen molar-refractivity contribution in [3.05, 3.63) is 28.7 Å². The number of rotatable bonds is 3. The number of hydrogen-bond acceptors (Lipinski definition) is 6. The molecule has 8 nitrogen and oxygen atoms in total. The van der Waals surface area contributed by atoms with Crippen LogP contribution in [0.25, 0.3) is 11.1 Å². The number of benzene rings is 1. The molecule has 1 aromatic heterocycles. The zero-order valence-corrected chi connectivity index (χ0v) is 12.8. The highest BCUT2D eigenvalue weighted by Gasteiger charge is 2.32. The number of fused-ring (bicyclic) bond motifs is 1. The van der Waals surface area contributed by atoms with Crippen molar-refractivity contribution in [3.63, 3.8) is 0 Å². The van der Waals surface area contributed by atoms with E-state index in [9.17, 15) is 18.0 Å². The smallest absolute Gasteiger partial charge is 0.420 e. The summed E-state index contributed by atoms with van der Waals surface area (Å²) in [6.07, 6.45) is 0.380. The third-order valence-electron chi connectivity index (χ3n) is 3.58. The molecule has 0 aliphatic carbocycles. The van der Waals surface area contributed by atoms with Gasteiger partial charge in [-0.15, -0.1) is 0 Å². The lowest BCUT2D eigenvalue weighted by atomic mass is 10.2. The number of hydrogen-bond donors (Lipinski definition) is 0. The summed E-state index contributed by atoms with van der Waals surface area (Å²) in [5, 5.41) is 0. The second kappa shape index (κ2) is 4.96. The molecule has 2 aromatic rings. The summed E-state index contributed by atoms with van der Waals surface area (Å²) in [5.74, 6) is -1.20. The molecule has 3 rings (SSSR count). The molecular weight excluding hydrogens is 312 g/mol. The Bertz CT molecular complexity index is 908. The minimum Gasteiger partial charge on any atom is -0.464 e. The van der Waals surface area contributed by atoms with E-state index in [-0.39, 0.29) is 17.1 Å². The second-order valence-electron chi connectivity index (χ2n) is 5.13. The summed E-state index contributed by atoms with van der Waals surface area (Å²) in [4.78, 5) is 23.7. The van der Waals surface area contributed by atoms with Crippen LogP contribution in [0.5, 0.6) is 0 Å². The predicted molar refractivity (Wildman–Crippen MR) is 76.0 cm³/mol. The van der Waals surface area contributed by atoms with Gasteiger partial charge < -0.3 is 9.15 Å². The van der Waals surface area contributed by atoms with Gasteiger partial charge in [-0.3, -0.25) is 4.57 Å². The average molecular weight is 326 g/mol. The first kappa shape index (κ1) is 14.8. The maximum absolute atomic E-state index is 12.1. The predicted octanol–water partition coefficient (Wildman–Crippen LogP) is 0.333. The second-order valence-corrected chi connectivity index (χ2v) is 7.28. The van der Waals surface area contributed by atoms with E-state index in [1.807, 2.05) is 0 Å². The number of carbonyl (C=O) groups is 1. The van der Waals surface area contributed by atoms with Crippen molar-refractivity contribution in [2.24, 2.45) is 0 Å². The van der Waals surface area contributed by atoms with E-state index in [0.717, 1.165) is 4.31 Å². The molecule has 1 saturated heterocycles. The number of esters is 1. The molecule has 0 unspecified atom stereocenters. The molecule has 9 heteroatoms. The molecule has 0 spiro atoms. The van der Waals surface area contributed by atoms with E-state index in [4.69, 9.17) is 9.15 Å². The van der Waals surface area contributed by atoms with Crippen molar-refractivity contribution in [1.82, 2.24) is 8.87 Å². The van der Waals surface area contributed by atoms with Crippen molar-refractivity contribution >= 4 is 27.1 Å². The Labute approximate surface area is 125 Å². The van der Waals surface area contributed by atoms with E-state index in [1.165, 1.54) is 36.9 Å². The highest BCUT2D eigenvalue weighted by Crippen LogP contribution is 2.26. The fourth-order valence-corrected chi connectivity index (χ4v) is 3.32. The largest absolute Gasteiger partial charge is 0.464 e. The topological polar surface area (TPSA) is 98.8 Å². The Hall–Kier alpha value is -2.13. The summed E-state index contributed by atoms with van der Waals surface area (Å²) in [7, 11) is -0.807. The Morgan fingerprint density at radius 1 is 1.27 bits per heavy atom. The molecule has 0 saturated carbocycles. The Morgan fingerprint density at radius 3 is 2.59 bits per heavy atom. The van der Waals surface area contributed by atoms with Gasteiger partial charge in [0.1, 0.15) is 6.04 Å². The SMILES string of the molecule is CN(C)S(=O)(=O)c1ccc2c(c1)oc(=O)n2[C@@H]1CCOC1=O. The van der Waals surface area contributed by atoms with E-state index < -0.39 is 27.8 Å². The van der Waals surface area contributed by atoms with E-state index in [2.05, 4.69) is 0 Å². The van der Waals surface area contributed by atoms with Crippen molar-refractivity contribution in [2.75, 3.05) is 20.7 Å². The number of cyclic esters (lactones) is 1. The number of ether oxygens (including phenoxy) is 1.